The van der Waals surface area contributed by atoms with Crippen LogP contribution in [0.1, 0.15) is 6.42 Å². The van der Waals surface area contributed by atoms with Gasteiger partial charge in [-0.2, -0.15) is 4.80 Å². The Morgan fingerprint density at radius 3 is 2.61 bits per heavy atom. The minimum atomic E-state index is -0.169. The fourth-order valence-electron chi connectivity index (χ4n) is 1.88. The van der Waals surface area contributed by atoms with Gasteiger partial charge in [-0.15, -0.1) is 10.2 Å². The lowest BCUT2D eigenvalue weighted by Crippen LogP contribution is -2.26. The molecule has 0 saturated heterocycles. The lowest BCUT2D eigenvalue weighted by atomic mass is 10.2. The molecule has 0 atom stereocenters. The molecule has 1 aromatic carbocycles. The van der Waals surface area contributed by atoms with Gasteiger partial charge in [0, 0.05) is 12.6 Å². The molecule has 0 bridgehead atoms. The molecule has 1 aromatic heterocycles. The van der Waals surface area contributed by atoms with Crippen molar-refractivity contribution in [2.75, 3.05) is 28.4 Å². The van der Waals surface area contributed by atoms with E-state index in [0.717, 1.165) is 10.6 Å². The van der Waals surface area contributed by atoms with Gasteiger partial charge < -0.3 is 9.47 Å². The SMILES string of the molecule is COc1ccc(-c2nnn(CCC(=O)N(C)OC)n2)cc1OC. The highest BCUT2D eigenvalue weighted by atomic mass is 16.7. The van der Waals surface area contributed by atoms with Gasteiger partial charge in [-0.1, -0.05) is 0 Å². The van der Waals surface area contributed by atoms with Crippen LogP contribution in [0.25, 0.3) is 11.4 Å². The van der Waals surface area contributed by atoms with Gasteiger partial charge in [-0.3, -0.25) is 9.63 Å². The molecule has 9 nitrogen and oxygen atoms in total. The zero-order chi connectivity index (χ0) is 16.8. The van der Waals surface area contributed by atoms with E-state index in [1.165, 1.54) is 11.9 Å². The number of hydrogen-bond donors (Lipinski definition) is 0. The molecule has 124 valence electrons. The molecule has 0 spiro atoms. The molecular weight excluding hydrogens is 302 g/mol. The molecule has 0 radical (unpaired) electrons. The molecule has 2 rings (SSSR count). The van der Waals surface area contributed by atoms with Gasteiger partial charge in [-0.25, -0.2) is 5.06 Å². The average Bonchev–Trinajstić information content (AvgIpc) is 3.07. The van der Waals surface area contributed by atoms with Crippen LogP contribution >= 0.6 is 0 Å². The summed E-state index contributed by atoms with van der Waals surface area (Å²) in [5, 5.41) is 13.3. The van der Waals surface area contributed by atoms with E-state index in [0.29, 0.717) is 23.9 Å². The molecule has 0 N–H and O–H groups in total. The summed E-state index contributed by atoms with van der Waals surface area (Å²) in [6.07, 6.45) is 0.214. The van der Waals surface area contributed by atoms with E-state index in [1.807, 2.05) is 6.07 Å². The van der Waals surface area contributed by atoms with E-state index in [4.69, 9.17) is 14.3 Å². The van der Waals surface area contributed by atoms with Crippen molar-refractivity contribution in [2.45, 2.75) is 13.0 Å². The number of benzene rings is 1. The first-order valence-corrected chi connectivity index (χ1v) is 6.90. The molecule has 0 aliphatic rings. The van der Waals surface area contributed by atoms with E-state index in [9.17, 15) is 4.79 Å². The number of aromatic nitrogens is 4. The largest absolute Gasteiger partial charge is 0.493 e. The van der Waals surface area contributed by atoms with E-state index in [1.54, 1.807) is 33.4 Å². The summed E-state index contributed by atoms with van der Waals surface area (Å²) in [7, 11) is 6.11. The predicted molar refractivity (Wildman–Crippen MR) is 80.8 cm³/mol. The van der Waals surface area contributed by atoms with Crippen LogP contribution in [0.5, 0.6) is 11.5 Å². The molecule has 0 unspecified atom stereocenters. The van der Waals surface area contributed by atoms with Gasteiger partial charge in [-0.05, 0) is 23.4 Å². The van der Waals surface area contributed by atoms with E-state index >= 15 is 0 Å². The quantitative estimate of drug-likeness (QED) is 0.695. The van der Waals surface area contributed by atoms with Crippen molar-refractivity contribution in [1.82, 2.24) is 25.3 Å². The Morgan fingerprint density at radius 2 is 1.96 bits per heavy atom. The number of carbonyl (C=O) groups is 1. The van der Waals surface area contributed by atoms with Crippen molar-refractivity contribution in [3.63, 3.8) is 0 Å². The Kier molecular flexibility index (Phi) is 5.47. The number of hydroxylamine groups is 2. The van der Waals surface area contributed by atoms with Gasteiger partial charge in [0.15, 0.2) is 11.5 Å². The number of amides is 1. The minimum absolute atomic E-state index is 0.169. The van der Waals surface area contributed by atoms with Gasteiger partial charge in [0.2, 0.25) is 11.7 Å². The number of carbonyl (C=O) groups excluding carboxylic acids is 1. The summed E-state index contributed by atoms with van der Waals surface area (Å²) in [6.45, 7) is 0.312. The first kappa shape index (κ1) is 16.7. The van der Waals surface area contributed by atoms with Gasteiger partial charge in [0.25, 0.3) is 0 Å². The standard InChI is InChI=1S/C14H19N5O4/c1-18(23-4)13(20)7-8-19-16-14(15-17-19)10-5-6-11(21-2)12(9-10)22-3/h5-6,9H,7-8H2,1-4H3. The van der Waals surface area contributed by atoms with Crippen LogP contribution in [0.4, 0.5) is 0 Å². The molecule has 0 saturated carbocycles. The first-order valence-electron chi connectivity index (χ1n) is 6.90. The third-order valence-electron chi connectivity index (χ3n) is 3.25. The highest BCUT2D eigenvalue weighted by Crippen LogP contribution is 2.30. The predicted octanol–water partition coefficient (Wildman–Crippen LogP) is 0.767. The fourth-order valence-corrected chi connectivity index (χ4v) is 1.88. The maximum Gasteiger partial charge on any atom is 0.247 e. The smallest absolute Gasteiger partial charge is 0.247 e. The van der Waals surface area contributed by atoms with Crippen molar-refractivity contribution >= 4 is 5.91 Å². The second-order valence-corrected chi connectivity index (χ2v) is 4.60. The summed E-state index contributed by atoms with van der Waals surface area (Å²) in [4.78, 5) is 17.8. The second kappa shape index (κ2) is 7.54. The summed E-state index contributed by atoms with van der Waals surface area (Å²) in [6, 6.07) is 5.35. The van der Waals surface area contributed by atoms with Gasteiger partial charge in [0.05, 0.1) is 34.3 Å². The lowest BCUT2D eigenvalue weighted by Gasteiger charge is -2.12. The van der Waals surface area contributed by atoms with Crippen LogP contribution in [0.15, 0.2) is 18.2 Å². The zero-order valence-electron chi connectivity index (χ0n) is 13.5. The lowest BCUT2D eigenvalue weighted by molar-refractivity contribution is -0.168. The molecule has 0 fully saturated rings. The Labute approximate surface area is 133 Å². The number of methoxy groups -OCH3 is 2. The summed E-state index contributed by atoms with van der Waals surface area (Å²) >= 11 is 0. The summed E-state index contributed by atoms with van der Waals surface area (Å²) in [5.41, 5.74) is 0.745. The Bertz CT molecular complexity index is 673. The number of rotatable bonds is 7. The number of aryl methyl sites for hydroxylation is 1. The van der Waals surface area contributed by atoms with Crippen molar-refractivity contribution in [1.29, 1.82) is 0 Å². The third kappa shape index (κ3) is 3.95. The monoisotopic (exact) mass is 321 g/mol. The van der Waals surface area contributed by atoms with Crippen LogP contribution in [0.3, 0.4) is 0 Å². The van der Waals surface area contributed by atoms with Crippen molar-refractivity contribution in [3.8, 4) is 22.9 Å². The maximum absolute atomic E-state index is 11.7. The number of nitrogens with zero attached hydrogens (tertiary/aromatic N) is 5. The number of hydrogen-bond acceptors (Lipinski definition) is 7. The highest BCUT2D eigenvalue weighted by Gasteiger charge is 2.12. The van der Waals surface area contributed by atoms with Crippen LogP contribution in [-0.4, -0.2) is 59.6 Å². The zero-order valence-corrected chi connectivity index (χ0v) is 13.5. The normalized spacial score (nSPS) is 10.4. The molecule has 1 amide bonds. The Morgan fingerprint density at radius 1 is 1.22 bits per heavy atom. The molecule has 0 aliphatic carbocycles. The van der Waals surface area contributed by atoms with E-state index in [-0.39, 0.29) is 12.3 Å². The van der Waals surface area contributed by atoms with Crippen molar-refractivity contribution in [3.05, 3.63) is 18.2 Å². The molecular formula is C14H19N5O4. The average molecular weight is 321 g/mol. The maximum atomic E-state index is 11.7. The Balaban J connectivity index is 2.08. The van der Waals surface area contributed by atoms with Crippen molar-refractivity contribution < 1.29 is 19.1 Å². The second-order valence-electron chi connectivity index (χ2n) is 4.60. The third-order valence-corrected chi connectivity index (χ3v) is 3.25. The van der Waals surface area contributed by atoms with E-state index in [2.05, 4.69) is 15.4 Å². The molecule has 2 aromatic rings. The summed E-state index contributed by atoms with van der Waals surface area (Å²) in [5.74, 6) is 1.48. The van der Waals surface area contributed by atoms with Crippen LogP contribution in [0.2, 0.25) is 0 Å². The minimum Gasteiger partial charge on any atom is -0.493 e. The Hall–Kier alpha value is -2.68. The first-order chi connectivity index (χ1) is 11.1. The molecule has 0 aliphatic heterocycles. The molecule has 1 heterocycles. The van der Waals surface area contributed by atoms with Crippen LogP contribution < -0.4 is 9.47 Å². The van der Waals surface area contributed by atoms with Crippen LogP contribution in [0, 0.1) is 0 Å². The van der Waals surface area contributed by atoms with Gasteiger partial charge in [0.1, 0.15) is 0 Å². The van der Waals surface area contributed by atoms with Crippen LogP contribution in [-0.2, 0) is 16.2 Å². The molecule has 23 heavy (non-hydrogen) atoms. The van der Waals surface area contributed by atoms with Gasteiger partial charge >= 0.3 is 0 Å². The van der Waals surface area contributed by atoms with E-state index < -0.39 is 0 Å². The topological polar surface area (TPSA) is 91.6 Å². The van der Waals surface area contributed by atoms with Crippen molar-refractivity contribution in [2.24, 2.45) is 0 Å². The highest BCUT2D eigenvalue weighted by molar-refractivity contribution is 5.74. The number of tetrazole rings is 1. The molecule has 9 heteroatoms. The number of ether oxygens (including phenoxy) is 2. The summed E-state index contributed by atoms with van der Waals surface area (Å²) < 4.78 is 10.4. The fraction of sp³-hybridized carbons (Fsp3) is 0.429.